The first-order valence-corrected chi connectivity index (χ1v) is 6.83. The largest absolute Gasteiger partial charge is 0.381 e. The average Bonchev–Trinajstić information content (AvgIpc) is 2.32. The molecule has 0 unspecified atom stereocenters. The van der Waals surface area contributed by atoms with Crippen molar-refractivity contribution in [3.8, 4) is 0 Å². The number of pyridine rings is 1. The standard InChI is InChI=1S/C15H17ClN2/c1-9-6-11(7-9)18-15-12-4-3-5-17-14(12)10(2)8-13(15)16/h3-5,8-9,11,18H,6-7H2,1-2H3. The molecule has 0 aliphatic heterocycles. The highest BCUT2D eigenvalue weighted by Gasteiger charge is 2.26. The molecular formula is C15H17ClN2. The Kier molecular flexibility index (Phi) is 2.90. The van der Waals surface area contributed by atoms with Gasteiger partial charge in [0.1, 0.15) is 0 Å². The van der Waals surface area contributed by atoms with Crippen LogP contribution in [0.2, 0.25) is 5.02 Å². The number of hydrogen-bond acceptors (Lipinski definition) is 2. The Bertz CT molecular complexity index is 588. The summed E-state index contributed by atoms with van der Waals surface area (Å²) in [7, 11) is 0. The van der Waals surface area contributed by atoms with Gasteiger partial charge in [-0.15, -0.1) is 0 Å². The van der Waals surface area contributed by atoms with E-state index in [9.17, 15) is 0 Å². The third-order valence-electron chi connectivity index (χ3n) is 3.75. The lowest BCUT2D eigenvalue weighted by atomic mass is 9.81. The zero-order valence-electron chi connectivity index (χ0n) is 10.7. The predicted molar refractivity (Wildman–Crippen MR) is 77.3 cm³/mol. The fourth-order valence-corrected chi connectivity index (χ4v) is 3.07. The number of fused-ring (bicyclic) bond motifs is 1. The first kappa shape index (κ1) is 11.8. The summed E-state index contributed by atoms with van der Waals surface area (Å²) < 4.78 is 0. The summed E-state index contributed by atoms with van der Waals surface area (Å²) in [6, 6.07) is 6.61. The van der Waals surface area contributed by atoms with E-state index in [-0.39, 0.29) is 0 Å². The Morgan fingerprint density at radius 1 is 1.39 bits per heavy atom. The molecule has 0 bridgehead atoms. The fourth-order valence-electron chi connectivity index (χ4n) is 2.75. The number of aromatic nitrogens is 1. The van der Waals surface area contributed by atoms with Gasteiger partial charge >= 0.3 is 0 Å². The van der Waals surface area contributed by atoms with Gasteiger partial charge in [0.2, 0.25) is 0 Å². The second-order valence-corrected chi connectivity index (χ2v) is 5.77. The molecule has 18 heavy (non-hydrogen) atoms. The van der Waals surface area contributed by atoms with Crippen molar-refractivity contribution in [2.24, 2.45) is 5.92 Å². The SMILES string of the molecule is Cc1cc(Cl)c(NC2CC(C)C2)c2cccnc12. The van der Waals surface area contributed by atoms with E-state index < -0.39 is 0 Å². The van der Waals surface area contributed by atoms with E-state index in [1.807, 2.05) is 18.3 Å². The number of rotatable bonds is 2. The van der Waals surface area contributed by atoms with E-state index in [1.54, 1.807) is 0 Å². The number of nitrogens with zero attached hydrogens (tertiary/aromatic N) is 1. The monoisotopic (exact) mass is 260 g/mol. The van der Waals surface area contributed by atoms with Gasteiger partial charge in [-0.2, -0.15) is 0 Å². The highest BCUT2D eigenvalue weighted by Crippen LogP contribution is 2.36. The Labute approximate surface area is 112 Å². The summed E-state index contributed by atoms with van der Waals surface area (Å²) in [6.45, 7) is 4.34. The van der Waals surface area contributed by atoms with Crippen LogP contribution in [-0.2, 0) is 0 Å². The van der Waals surface area contributed by atoms with Crippen molar-refractivity contribution in [3.05, 3.63) is 35.0 Å². The third kappa shape index (κ3) is 1.95. The maximum atomic E-state index is 6.38. The minimum absolute atomic E-state index is 0.559. The van der Waals surface area contributed by atoms with E-state index in [1.165, 1.54) is 12.8 Å². The molecule has 3 heteroatoms. The molecule has 1 aliphatic carbocycles. The average molecular weight is 261 g/mol. The van der Waals surface area contributed by atoms with Gasteiger partial charge in [0.15, 0.2) is 0 Å². The van der Waals surface area contributed by atoms with Crippen molar-refractivity contribution in [3.63, 3.8) is 0 Å². The van der Waals surface area contributed by atoms with Crippen LogP contribution < -0.4 is 5.32 Å². The Morgan fingerprint density at radius 2 is 2.17 bits per heavy atom. The minimum atomic E-state index is 0.559. The van der Waals surface area contributed by atoms with Crippen LogP contribution in [0.1, 0.15) is 25.3 Å². The Hall–Kier alpha value is -1.28. The molecule has 2 nitrogen and oxygen atoms in total. The lowest BCUT2D eigenvalue weighted by molar-refractivity contribution is 0.309. The summed E-state index contributed by atoms with van der Waals surface area (Å²) in [5.74, 6) is 0.830. The van der Waals surface area contributed by atoms with E-state index in [4.69, 9.17) is 11.6 Å². The Balaban J connectivity index is 2.04. The molecule has 0 spiro atoms. The number of hydrogen-bond donors (Lipinski definition) is 1. The maximum absolute atomic E-state index is 6.38. The lowest BCUT2D eigenvalue weighted by Gasteiger charge is -2.34. The normalized spacial score (nSPS) is 22.8. The van der Waals surface area contributed by atoms with Gasteiger partial charge in [0.05, 0.1) is 16.2 Å². The molecule has 2 aromatic rings. The van der Waals surface area contributed by atoms with E-state index >= 15 is 0 Å². The number of anilines is 1. The summed E-state index contributed by atoms with van der Waals surface area (Å²) in [5.41, 5.74) is 3.21. The van der Waals surface area contributed by atoms with Crippen LogP contribution in [0.3, 0.4) is 0 Å². The summed E-state index contributed by atoms with van der Waals surface area (Å²) in [4.78, 5) is 4.45. The van der Waals surface area contributed by atoms with Gasteiger partial charge in [-0.05, 0) is 49.4 Å². The van der Waals surface area contributed by atoms with Crippen LogP contribution in [0.15, 0.2) is 24.4 Å². The molecule has 1 N–H and O–H groups in total. The highest BCUT2D eigenvalue weighted by atomic mass is 35.5. The first-order chi connectivity index (χ1) is 8.65. The first-order valence-electron chi connectivity index (χ1n) is 6.45. The second-order valence-electron chi connectivity index (χ2n) is 5.37. The van der Waals surface area contributed by atoms with E-state index in [0.717, 1.165) is 33.1 Å². The number of halogens is 1. The fraction of sp³-hybridized carbons (Fsp3) is 0.400. The van der Waals surface area contributed by atoms with Gasteiger partial charge in [-0.1, -0.05) is 18.5 Å². The molecule has 0 amide bonds. The van der Waals surface area contributed by atoms with Crippen molar-refractivity contribution in [1.29, 1.82) is 0 Å². The molecule has 0 radical (unpaired) electrons. The van der Waals surface area contributed by atoms with Gasteiger partial charge in [-0.25, -0.2) is 0 Å². The van der Waals surface area contributed by atoms with Crippen molar-refractivity contribution in [1.82, 2.24) is 4.98 Å². The molecule has 1 aromatic carbocycles. The van der Waals surface area contributed by atoms with Crippen LogP contribution in [0, 0.1) is 12.8 Å². The van der Waals surface area contributed by atoms with Crippen LogP contribution in [0.25, 0.3) is 10.9 Å². The number of benzene rings is 1. The smallest absolute Gasteiger partial charge is 0.0752 e. The highest BCUT2D eigenvalue weighted by molar-refractivity contribution is 6.35. The third-order valence-corrected chi connectivity index (χ3v) is 4.05. The van der Waals surface area contributed by atoms with Gasteiger partial charge in [0, 0.05) is 17.6 Å². The number of aryl methyl sites for hydroxylation is 1. The van der Waals surface area contributed by atoms with Crippen LogP contribution in [-0.4, -0.2) is 11.0 Å². The molecule has 1 aromatic heterocycles. The molecule has 1 heterocycles. The van der Waals surface area contributed by atoms with Gasteiger partial charge in [-0.3, -0.25) is 4.98 Å². The van der Waals surface area contributed by atoms with Crippen LogP contribution in [0.4, 0.5) is 5.69 Å². The molecule has 0 saturated heterocycles. The molecule has 1 fully saturated rings. The second kappa shape index (κ2) is 4.43. The summed E-state index contributed by atoms with van der Waals surface area (Å²) in [5, 5.41) is 5.50. The zero-order valence-corrected chi connectivity index (χ0v) is 11.5. The molecule has 1 saturated carbocycles. The maximum Gasteiger partial charge on any atom is 0.0752 e. The van der Waals surface area contributed by atoms with Gasteiger partial charge in [0.25, 0.3) is 0 Å². The summed E-state index contributed by atoms with van der Waals surface area (Å²) >= 11 is 6.38. The molecule has 0 atom stereocenters. The van der Waals surface area contributed by atoms with Crippen molar-refractivity contribution >= 4 is 28.2 Å². The molecule has 94 valence electrons. The summed E-state index contributed by atoms with van der Waals surface area (Å²) in [6.07, 6.45) is 4.29. The topological polar surface area (TPSA) is 24.9 Å². The lowest BCUT2D eigenvalue weighted by Crippen LogP contribution is -2.33. The predicted octanol–water partition coefficient (Wildman–Crippen LogP) is 4.41. The van der Waals surface area contributed by atoms with Crippen molar-refractivity contribution in [2.45, 2.75) is 32.7 Å². The van der Waals surface area contributed by atoms with E-state index in [2.05, 4.69) is 30.2 Å². The minimum Gasteiger partial charge on any atom is -0.381 e. The molecule has 1 aliphatic rings. The molecule has 3 rings (SSSR count). The van der Waals surface area contributed by atoms with Crippen molar-refractivity contribution < 1.29 is 0 Å². The molecular weight excluding hydrogens is 244 g/mol. The van der Waals surface area contributed by atoms with Crippen LogP contribution >= 0.6 is 11.6 Å². The van der Waals surface area contributed by atoms with Crippen LogP contribution in [0.5, 0.6) is 0 Å². The Morgan fingerprint density at radius 3 is 2.89 bits per heavy atom. The van der Waals surface area contributed by atoms with Crippen molar-refractivity contribution in [2.75, 3.05) is 5.32 Å². The van der Waals surface area contributed by atoms with E-state index in [0.29, 0.717) is 6.04 Å². The van der Waals surface area contributed by atoms with Gasteiger partial charge < -0.3 is 5.32 Å². The zero-order chi connectivity index (χ0) is 12.7. The number of nitrogens with one attached hydrogen (secondary N) is 1. The quantitative estimate of drug-likeness (QED) is 0.865.